The smallest absolute Gasteiger partial charge is 0.362 e. The largest absolute Gasteiger partial charge is 0.407 e. The maximum atomic E-state index is 11.2. The van der Waals surface area contributed by atoms with E-state index in [9.17, 15) is 19.5 Å². The fourth-order valence-electron chi connectivity index (χ4n) is 0.601. The Morgan fingerprint density at radius 2 is 1.94 bits per heavy atom. The van der Waals surface area contributed by atoms with Gasteiger partial charge in [0.25, 0.3) is 0 Å². The molecule has 0 aromatic rings. The molecule has 0 bridgehead atoms. The first-order valence-corrected chi connectivity index (χ1v) is 4.53. The van der Waals surface area contributed by atoms with Crippen LogP contribution in [-0.2, 0) is 24.2 Å². The van der Waals surface area contributed by atoms with Crippen LogP contribution < -0.4 is 11.1 Å². The molecule has 0 aliphatic rings. The molecule has 0 heterocycles. The number of rotatable bonds is 4. The highest BCUT2D eigenvalue weighted by Crippen LogP contribution is 2.03. The standard InChI is InChI=1S/C9H14N2O6/c1-5(2)7(13)16-17-8(14)9(3,15)11-6(12)4-10/h15H,1,4,10H2,2-3H3,(H,11,12). The van der Waals surface area contributed by atoms with Gasteiger partial charge < -0.3 is 16.2 Å². The molecule has 1 atom stereocenters. The minimum absolute atomic E-state index is 0.00318. The molecule has 0 spiro atoms. The first-order chi connectivity index (χ1) is 7.70. The molecule has 0 aliphatic carbocycles. The van der Waals surface area contributed by atoms with Crippen LogP contribution in [0.4, 0.5) is 0 Å². The lowest BCUT2D eigenvalue weighted by Gasteiger charge is -2.20. The minimum Gasteiger partial charge on any atom is -0.362 e. The van der Waals surface area contributed by atoms with E-state index in [1.807, 2.05) is 5.32 Å². The Hall–Kier alpha value is -1.93. The summed E-state index contributed by atoms with van der Waals surface area (Å²) in [6, 6.07) is 0. The monoisotopic (exact) mass is 246 g/mol. The van der Waals surface area contributed by atoms with Gasteiger partial charge in [0.2, 0.25) is 11.6 Å². The maximum Gasteiger partial charge on any atom is 0.407 e. The Balaban J connectivity index is 4.34. The molecular formula is C9H14N2O6. The zero-order chi connectivity index (χ0) is 13.6. The summed E-state index contributed by atoms with van der Waals surface area (Å²) in [6.45, 7) is 5.10. The van der Waals surface area contributed by atoms with Gasteiger partial charge in [-0.3, -0.25) is 4.79 Å². The number of carbonyl (C=O) groups excluding carboxylic acids is 3. The maximum absolute atomic E-state index is 11.2. The number of hydrogen-bond acceptors (Lipinski definition) is 7. The average molecular weight is 246 g/mol. The van der Waals surface area contributed by atoms with Gasteiger partial charge in [-0.05, 0) is 13.8 Å². The molecule has 0 aromatic carbocycles. The summed E-state index contributed by atoms with van der Waals surface area (Å²) in [5, 5.41) is 11.3. The lowest BCUT2D eigenvalue weighted by Crippen LogP contribution is -2.54. The minimum atomic E-state index is -2.34. The Labute approximate surface area is 97.3 Å². The van der Waals surface area contributed by atoms with Crippen LogP contribution in [0.15, 0.2) is 12.2 Å². The summed E-state index contributed by atoms with van der Waals surface area (Å²) >= 11 is 0. The van der Waals surface area contributed by atoms with Crippen LogP contribution in [0.25, 0.3) is 0 Å². The van der Waals surface area contributed by atoms with Crippen molar-refractivity contribution in [2.45, 2.75) is 19.6 Å². The fraction of sp³-hybridized carbons (Fsp3) is 0.444. The van der Waals surface area contributed by atoms with E-state index in [1.54, 1.807) is 0 Å². The summed E-state index contributed by atoms with van der Waals surface area (Å²) in [7, 11) is 0. The van der Waals surface area contributed by atoms with Crippen LogP contribution >= 0.6 is 0 Å². The summed E-state index contributed by atoms with van der Waals surface area (Å²) in [4.78, 5) is 41.0. The third-order valence-electron chi connectivity index (χ3n) is 1.51. The first kappa shape index (κ1) is 15.1. The van der Waals surface area contributed by atoms with Crippen molar-refractivity contribution in [2.75, 3.05) is 6.54 Å². The molecule has 0 saturated heterocycles. The van der Waals surface area contributed by atoms with E-state index in [4.69, 9.17) is 5.73 Å². The molecule has 4 N–H and O–H groups in total. The lowest BCUT2D eigenvalue weighted by molar-refractivity contribution is -0.268. The van der Waals surface area contributed by atoms with E-state index in [1.165, 1.54) is 6.92 Å². The van der Waals surface area contributed by atoms with E-state index in [0.29, 0.717) is 0 Å². The van der Waals surface area contributed by atoms with Crippen molar-refractivity contribution in [2.24, 2.45) is 5.73 Å². The SMILES string of the molecule is C=C(C)C(=O)OOC(=O)C(C)(O)NC(=O)CN. The van der Waals surface area contributed by atoms with Crippen molar-refractivity contribution in [3.63, 3.8) is 0 Å². The van der Waals surface area contributed by atoms with Gasteiger partial charge in [-0.15, -0.1) is 0 Å². The van der Waals surface area contributed by atoms with Crippen LogP contribution in [0.5, 0.6) is 0 Å². The Morgan fingerprint density at radius 1 is 1.41 bits per heavy atom. The van der Waals surface area contributed by atoms with Crippen molar-refractivity contribution < 1.29 is 29.3 Å². The van der Waals surface area contributed by atoms with Crippen LogP contribution in [-0.4, -0.2) is 35.2 Å². The van der Waals surface area contributed by atoms with E-state index in [-0.39, 0.29) is 5.57 Å². The predicted octanol–water partition coefficient (Wildman–Crippen LogP) is -1.65. The molecule has 0 aromatic heterocycles. The Morgan fingerprint density at radius 3 is 2.35 bits per heavy atom. The Kier molecular flexibility index (Phi) is 5.29. The summed E-state index contributed by atoms with van der Waals surface area (Å²) in [6.07, 6.45) is 0. The molecule has 8 nitrogen and oxygen atoms in total. The zero-order valence-electron chi connectivity index (χ0n) is 9.48. The highest BCUT2D eigenvalue weighted by Gasteiger charge is 2.35. The van der Waals surface area contributed by atoms with Gasteiger partial charge >= 0.3 is 11.9 Å². The van der Waals surface area contributed by atoms with Crippen LogP contribution in [0, 0.1) is 0 Å². The summed E-state index contributed by atoms with van der Waals surface area (Å²) in [5.74, 6) is -3.12. The van der Waals surface area contributed by atoms with Crippen molar-refractivity contribution in [3.05, 3.63) is 12.2 Å². The van der Waals surface area contributed by atoms with Gasteiger partial charge in [0, 0.05) is 5.57 Å². The number of nitrogens with one attached hydrogen (secondary N) is 1. The third-order valence-corrected chi connectivity index (χ3v) is 1.51. The van der Waals surface area contributed by atoms with Gasteiger partial charge in [0.15, 0.2) is 0 Å². The number of aliphatic hydroxyl groups is 1. The van der Waals surface area contributed by atoms with E-state index in [2.05, 4.69) is 16.4 Å². The Bertz CT molecular complexity index is 349. The molecule has 0 fully saturated rings. The molecule has 0 radical (unpaired) electrons. The van der Waals surface area contributed by atoms with Crippen molar-refractivity contribution >= 4 is 17.8 Å². The van der Waals surface area contributed by atoms with E-state index in [0.717, 1.165) is 6.92 Å². The van der Waals surface area contributed by atoms with Gasteiger partial charge in [-0.2, -0.15) is 0 Å². The quantitative estimate of drug-likeness (QED) is 0.234. The number of nitrogens with two attached hydrogens (primary N) is 1. The van der Waals surface area contributed by atoms with Crippen molar-refractivity contribution in [3.8, 4) is 0 Å². The van der Waals surface area contributed by atoms with Crippen LogP contribution in [0.2, 0.25) is 0 Å². The van der Waals surface area contributed by atoms with Gasteiger partial charge in [-0.1, -0.05) is 6.58 Å². The number of carbonyl (C=O) groups is 3. The summed E-state index contributed by atoms with van der Waals surface area (Å²) < 4.78 is 0. The molecule has 0 rings (SSSR count). The molecule has 1 amide bonds. The molecule has 0 saturated carbocycles. The van der Waals surface area contributed by atoms with Crippen LogP contribution in [0.1, 0.15) is 13.8 Å². The first-order valence-electron chi connectivity index (χ1n) is 4.53. The topological polar surface area (TPSA) is 128 Å². The molecule has 8 heteroatoms. The lowest BCUT2D eigenvalue weighted by atomic mass is 10.2. The number of amides is 1. The fourth-order valence-corrected chi connectivity index (χ4v) is 0.601. The van der Waals surface area contributed by atoms with Gasteiger partial charge in [0.1, 0.15) is 0 Å². The third kappa shape index (κ3) is 5.09. The molecular weight excluding hydrogens is 232 g/mol. The normalized spacial score (nSPS) is 13.2. The van der Waals surface area contributed by atoms with E-state index < -0.39 is 30.1 Å². The highest BCUT2D eigenvalue weighted by molar-refractivity contribution is 5.89. The van der Waals surface area contributed by atoms with Gasteiger partial charge in [0.05, 0.1) is 6.54 Å². The molecule has 96 valence electrons. The van der Waals surface area contributed by atoms with E-state index >= 15 is 0 Å². The molecule has 0 aliphatic heterocycles. The highest BCUT2D eigenvalue weighted by atomic mass is 17.2. The molecule has 1 unspecified atom stereocenters. The summed E-state index contributed by atoms with van der Waals surface area (Å²) in [5.41, 5.74) is 2.63. The second-order valence-electron chi connectivity index (χ2n) is 3.35. The average Bonchev–Trinajstić information content (AvgIpc) is 2.24. The van der Waals surface area contributed by atoms with Crippen molar-refractivity contribution in [1.82, 2.24) is 5.32 Å². The zero-order valence-corrected chi connectivity index (χ0v) is 9.48. The second-order valence-corrected chi connectivity index (χ2v) is 3.35. The second kappa shape index (κ2) is 5.97. The predicted molar refractivity (Wildman–Crippen MR) is 54.8 cm³/mol. The number of hydrogen-bond donors (Lipinski definition) is 3. The molecule has 17 heavy (non-hydrogen) atoms. The van der Waals surface area contributed by atoms with Gasteiger partial charge in [-0.25, -0.2) is 19.4 Å². The van der Waals surface area contributed by atoms with Crippen molar-refractivity contribution in [1.29, 1.82) is 0 Å². The van der Waals surface area contributed by atoms with Crippen LogP contribution in [0.3, 0.4) is 0 Å².